The first-order chi connectivity index (χ1) is 6.23. The average Bonchev–Trinajstić information content (AvgIpc) is 2.27. The van der Waals surface area contributed by atoms with Crippen molar-refractivity contribution in [2.24, 2.45) is 16.7 Å². The molecular weight excluding hydrogens is 196 g/mol. The Labute approximate surface area is 87.0 Å². The first-order valence-electron chi connectivity index (χ1n) is 5.43. The molecular formula is C11H20O2S. The molecule has 2 aliphatic rings. The molecule has 2 nitrogen and oxygen atoms in total. The molecule has 2 fully saturated rings. The van der Waals surface area contributed by atoms with Gasteiger partial charge < -0.3 is 0 Å². The number of rotatable bonds is 0. The molecule has 1 unspecified atom stereocenters. The van der Waals surface area contributed by atoms with Crippen molar-refractivity contribution in [3.63, 3.8) is 0 Å². The summed E-state index contributed by atoms with van der Waals surface area (Å²) in [5.74, 6) is 1.65. The van der Waals surface area contributed by atoms with E-state index in [2.05, 4.69) is 20.8 Å². The number of sulfone groups is 1. The van der Waals surface area contributed by atoms with Gasteiger partial charge in [-0.2, -0.15) is 0 Å². The summed E-state index contributed by atoms with van der Waals surface area (Å²) in [7, 11) is -2.64. The van der Waals surface area contributed by atoms with Crippen molar-refractivity contribution in [1.29, 1.82) is 0 Å². The molecule has 3 heteroatoms. The second-order valence-electron chi connectivity index (χ2n) is 6.34. The zero-order chi connectivity index (χ0) is 10.6. The fraction of sp³-hybridized carbons (Fsp3) is 1.00. The molecule has 0 aromatic heterocycles. The van der Waals surface area contributed by atoms with Crippen molar-refractivity contribution in [1.82, 2.24) is 0 Å². The van der Waals surface area contributed by atoms with Crippen LogP contribution in [0.25, 0.3) is 0 Å². The van der Waals surface area contributed by atoms with Gasteiger partial charge in [-0.3, -0.25) is 0 Å². The molecule has 1 saturated heterocycles. The minimum absolute atomic E-state index is 0.191. The van der Waals surface area contributed by atoms with E-state index in [1.165, 1.54) is 6.42 Å². The molecule has 0 aromatic rings. The predicted molar refractivity (Wildman–Crippen MR) is 57.9 cm³/mol. The van der Waals surface area contributed by atoms with Gasteiger partial charge in [0, 0.05) is 0 Å². The van der Waals surface area contributed by atoms with Crippen LogP contribution in [0.1, 0.15) is 40.0 Å². The lowest BCUT2D eigenvalue weighted by Gasteiger charge is -2.39. The maximum absolute atomic E-state index is 11.2. The lowest BCUT2D eigenvalue weighted by molar-refractivity contribution is 0.219. The fourth-order valence-corrected chi connectivity index (χ4v) is 5.41. The van der Waals surface area contributed by atoms with Gasteiger partial charge in [-0.1, -0.05) is 20.8 Å². The average molecular weight is 216 g/mol. The van der Waals surface area contributed by atoms with E-state index in [4.69, 9.17) is 0 Å². The first-order valence-corrected chi connectivity index (χ1v) is 7.25. The van der Waals surface area contributed by atoms with Crippen LogP contribution in [-0.4, -0.2) is 19.9 Å². The molecule has 1 atom stereocenters. The van der Waals surface area contributed by atoms with Crippen LogP contribution < -0.4 is 0 Å². The molecule has 1 aliphatic heterocycles. The van der Waals surface area contributed by atoms with E-state index in [9.17, 15) is 8.42 Å². The van der Waals surface area contributed by atoms with Crippen LogP contribution >= 0.6 is 0 Å². The highest BCUT2D eigenvalue weighted by Gasteiger charge is 2.53. The van der Waals surface area contributed by atoms with Crippen molar-refractivity contribution in [3.8, 4) is 0 Å². The second-order valence-corrected chi connectivity index (χ2v) is 8.40. The van der Waals surface area contributed by atoms with Crippen molar-refractivity contribution in [2.75, 3.05) is 11.5 Å². The summed E-state index contributed by atoms with van der Waals surface area (Å²) in [4.78, 5) is 0. The highest BCUT2D eigenvalue weighted by molar-refractivity contribution is 7.92. The van der Waals surface area contributed by atoms with Gasteiger partial charge in [0.05, 0.1) is 11.5 Å². The lowest BCUT2D eigenvalue weighted by Crippen LogP contribution is -2.47. The van der Waals surface area contributed by atoms with Crippen LogP contribution in [0.15, 0.2) is 0 Å². The van der Waals surface area contributed by atoms with E-state index in [1.807, 2.05) is 0 Å². The molecule has 0 bridgehead atoms. The third-order valence-electron chi connectivity index (χ3n) is 3.98. The molecule has 82 valence electrons. The zero-order valence-electron chi connectivity index (χ0n) is 9.34. The van der Waals surface area contributed by atoms with Gasteiger partial charge in [-0.05, 0) is 36.0 Å². The van der Waals surface area contributed by atoms with Gasteiger partial charge in [0.1, 0.15) is 0 Å². The zero-order valence-corrected chi connectivity index (χ0v) is 10.2. The maximum Gasteiger partial charge on any atom is 0.151 e. The highest BCUT2D eigenvalue weighted by Crippen LogP contribution is 2.53. The Hall–Kier alpha value is -0.0500. The largest absolute Gasteiger partial charge is 0.229 e. The molecule has 0 amide bonds. The molecule has 1 heterocycles. The molecule has 2 rings (SSSR count). The topological polar surface area (TPSA) is 34.1 Å². The highest BCUT2D eigenvalue weighted by atomic mass is 32.2. The Kier molecular flexibility index (Phi) is 2.05. The van der Waals surface area contributed by atoms with Crippen LogP contribution in [0.2, 0.25) is 0 Å². The standard InChI is InChI=1S/C11H20O2S/c1-10(2,3)9-4-5-11(6-9)7-14(12,13)8-11/h9H,4-8H2,1-3H3. The Morgan fingerprint density at radius 3 is 2.14 bits per heavy atom. The van der Waals surface area contributed by atoms with E-state index in [0.717, 1.165) is 18.8 Å². The van der Waals surface area contributed by atoms with Crippen molar-refractivity contribution >= 4 is 9.84 Å². The Balaban J connectivity index is 2.04. The van der Waals surface area contributed by atoms with Gasteiger partial charge in [0.2, 0.25) is 0 Å². The van der Waals surface area contributed by atoms with E-state index >= 15 is 0 Å². The monoisotopic (exact) mass is 216 g/mol. The molecule has 1 aliphatic carbocycles. The van der Waals surface area contributed by atoms with E-state index < -0.39 is 9.84 Å². The Morgan fingerprint density at radius 1 is 1.21 bits per heavy atom. The third kappa shape index (κ3) is 1.71. The smallest absolute Gasteiger partial charge is 0.151 e. The molecule has 1 saturated carbocycles. The van der Waals surface area contributed by atoms with Gasteiger partial charge in [-0.15, -0.1) is 0 Å². The van der Waals surface area contributed by atoms with Crippen LogP contribution in [0, 0.1) is 16.7 Å². The van der Waals surface area contributed by atoms with Gasteiger partial charge in [0.25, 0.3) is 0 Å². The molecule has 0 radical (unpaired) electrons. The van der Waals surface area contributed by atoms with Gasteiger partial charge in [0.15, 0.2) is 9.84 Å². The quantitative estimate of drug-likeness (QED) is 0.622. The van der Waals surface area contributed by atoms with Gasteiger partial charge >= 0.3 is 0 Å². The molecule has 0 N–H and O–H groups in total. The predicted octanol–water partition coefficient (Wildman–Crippen LogP) is 2.25. The maximum atomic E-state index is 11.2. The summed E-state index contributed by atoms with van der Waals surface area (Å²) < 4.78 is 22.4. The van der Waals surface area contributed by atoms with Crippen molar-refractivity contribution in [3.05, 3.63) is 0 Å². The third-order valence-corrected chi connectivity index (χ3v) is 6.08. The lowest BCUT2D eigenvalue weighted by atomic mass is 9.77. The van der Waals surface area contributed by atoms with Crippen LogP contribution in [0.5, 0.6) is 0 Å². The van der Waals surface area contributed by atoms with Crippen LogP contribution in [-0.2, 0) is 9.84 Å². The van der Waals surface area contributed by atoms with Crippen molar-refractivity contribution < 1.29 is 8.42 Å². The van der Waals surface area contributed by atoms with Crippen molar-refractivity contribution in [2.45, 2.75) is 40.0 Å². The number of hydrogen-bond acceptors (Lipinski definition) is 2. The summed E-state index contributed by atoms with van der Waals surface area (Å²) in [6.07, 6.45) is 3.49. The summed E-state index contributed by atoms with van der Waals surface area (Å²) in [6.45, 7) is 6.80. The minimum Gasteiger partial charge on any atom is -0.229 e. The Bertz CT molecular complexity index is 323. The van der Waals surface area contributed by atoms with Gasteiger partial charge in [-0.25, -0.2) is 8.42 Å². The first kappa shape index (κ1) is 10.5. The number of hydrogen-bond donors (Lipinski definition) is 0. The molecule has 0 aromatic carbocycles. The van der Waals surface area contributed by atoms with Crippen LogP contribution in [0.3, 0.4) is 0 Å². The molecule has 1 spiro atoms. The second kappa shape index (κ2) is 2.75. The van der Waals surface area contributed by atoms with E-state index in [-0.39, 0.29) is 5.41 Å². The van der Waals surface area contributed by atoms with E-state index in [0.29, 0.717) is 16.9 Å². The summed E-state index contributed by atoms with van der Waals surface area (Å²) in [5.41, 5.74) is 0.541. The summed E-state index contributed by atoms with van der Waals surface area (Å²) in [6, 6.07) is 0. The Morgan fingerprint density at radius 2 is 1.79 bits per heavy atom. The molecule has 14 heavy (non-hydrogen) atoms. The normalized spacial score (nSPS) is 34.4. The van der Waals surface area contributed by atoms with Crippen LogP contribution in [0.4, 0.5) is 0 Å². The minimum atomic E-state index is -2.64. The van der Waals surface area contributed by atoms with E-state index in [1.54, 1.807) is 0 Å². The fourth-order valence-electron chi connectivity index (χ4n) is 3.10. The summed E-state index contributed by atoms with van der Waals surface area (Å²) >= 11 is 0. The summed E-state index contributed by atoms with van der Waals surface area (Å²) in [5, 5.41) is 0. The SMILES string of the molecule is CC(C)(C)C1CCC2(C1)CS(=O)(=O)C2.